The summed E-state index contributed by atoms with van der Waals surface area (Å²) in [5.74, 6) is 1.10. The zero-order chi connectivity index (χ0) is 22.3. The topological polar surface area (TPSA) is 93.5 Å². The van der Waals surface area contributed by atoms with Crippen LogP contribution >= 0.6 is 0 Å². The minimum absolute atomic E-state index is 0.0617. The van der Waals surface area contributed by atoms with Crippen molar-refractivity contribution < 1.29 is 18.8 Å². The molecule has 1 aromatic carbocycles. The van der Waals surface area contributed by atoms with E-state index in [1.54, 1.807) is 24.3 Å². The molecule has 0 saturated heterocycles. The van der Waals surface area contributed by atoms with Gasteiger partial charge in [0.15, 0.2) is 0 Å². The van der Waals surface area contributed by atoms with E-state index >= 15 is 0 Å². The van der Waals surface area contributed by atoms with Crippen molar-refractivity contribution in [3.63, 3.8) is 0 Å². The van der Waals surface area contributed by atoms with Crippen LogP contribution < -0.4 is 15.4 Å². The highest BCUT2D eigenvalue weighted by Crippen LogP contribution is 2.29. The molecule has 2 aromatic rings. The van der Waals surface area contributed by atoms with Crippen molar-refractivity contribution in [3.8, 4) is 5.75 Å². The van der Waals surface area contributed by atoms with Crippen LogP contribution in [0.3, 0.4) is 0 Å². The van der Waals surface area contributed by atoms with Gasteiger partial charge in [-0.25, -0.2) is 0 Å². The molecular weight excluding hydrogens is 394 g/mol. The predicted molar refractivity (Wildman–Crippen MR) is 118 cm³/mol. The largest absolute Gasteiger partial charge is 0.489 e. The summed E-state index contributed by atoms with van der Waals surface area (Å²) in [4.78, 5) is 25.9. The number of hydrogen-bond acceptors (Lipinski definition) is 5. The summed E-state index contributed by atoms with van der Waals surface area (Å²) in [6.45, 7) is 6.82. The Labute approximate surface area is 183 Å². The van der Waals surface area contributed by atoms with Crippen LogP contribution in [0.1, 0.15) is 79.2 Å². The van der Waals surface area contributed by atoms with Gasteiger partial charge >= 0.3 is 0 Å². The summed E-state index contributed by atoms with van der Waals surface area (Å²) in [5.41, 5.74) is 1.43. The molecule has 31 heavy (non-hydrogen) atoms. The van der Waals surface area contributed by atoms with Crippen molar-refractivity contribution in [1.29, 1.82) is 0 Å². The van der Waals surface area contributed by atoms with E-state index in [0.29, 0.717) is 37.3 Å². The Morgan fingerprint density at radius 3 is 2.45 bits per heavy atom. The molecule has 1 heterocycles. The van der Waals surface area contributed by atoms with E-state index in [-0.39, 0.29) is 11.8 Å². The fraction of sp³-hybridized carbons (Fsp3) is 0.542. The third kappa shape index (κ3) is 5.66. The number of rotatable bonds is 9. The van der Waals surface area contributed by atoms with Crippen LogP contribution in [0.2, 0.25) is 0 Å². The van der Waals surface area contributed by atoms with Crippen molar-refractivity contribution >= 4 is 11.8 Å². The SMILES string of the molecule is CCCCNC(=O)C1(NC(=O)c2ccc(OCc3c(C)noc3C)cc2)CCCCC1. The summed E-state index contributed by atoms with van der Waals surface area (Å²) >= 11 is 0. The van der Waals surface area contributed by atoms with Crippen molar-refractivity contribution in [2.45, 2.75) is 77.9 Å². The maximum Gasteiger partial charge on any atom is 0.252 e. The second-order valence-electron chi connectivity index (χ2n) is 8.32. The molecule has 0 bridgehead atoms. The molecule has 2 N–H and O–H groups in total. The van der Waals surface area contributed by atoms with Gasteiger partial charge in [0, 0.05) is 12.1 Å². The van der Waals surface area contributed by atoms with E-state index in [9.17, 15) is 9.59 Å². The summed E-state index contributed by atoms with van der Waals surface area (Å²) in [7, 11) is 0. The van der Waals surface area contributed by atoms with E-state index in [1.807, 2.05) is 13.8 Å². The van der Waals surface area contributed by atoms with E-state index in [2.05, 4.69) is 22.7 Å². The first-order chi connectivity index (χ1) is 14.9. The molecule has 2 amide bonds. The van der Waals surface area contributed by atoms with Gasteiger partial charge in [0.2, 0.25) is 5.91 Å². The molecule has 1 aromatic heterocycles. The number of benzene rings is 1. The Bertz CT molecular complexity index is 863. The highest BCUT2D eigenvalue weighted by atomic mass is 16.5. The Balaban J connectivity index is 1.63. The molecule has 168 valence electrons. The van der Waals surface area contributed by atoms with Gasteiger partial charge in [-0.3, -0.25) is 9.59 Å². The van der Waals surface area contributed by atoms with Gasteiger partial charge in [0.1, 0.15) is 23.7 Å². The number of aryl methyl sites for hydroxylation is 2. The smallest absolute Gasteiger partial charge is 0.252 e. The van der Waals surface area contributed by atoms with Crippen LogP contribution in [0, 0.1) is 13.8 Å². The third-order valence-electron chi connectivity index (χ3n) is 5.99. The molecule has 0 atom stereocenters. The molecule has 1 saturated carbocycles. The van der Waals surface area contributed by atoms with Crippen LogP contribution in [-0.2, 0) is 11.4 Å². The predicted octanol–water partition coefficient (Wildman–Crippen LogP) is 4.22. The number of carbonyl (C=O) groups is 2. The summed E-state index contributed by atoms with van der Waals surface area (Å²) < 4.78 is 11.0. The van der Waals surface area contributed by atoms with Gasteiger partial charge in [0.05, 0.1) is 11.3 Å². The minimum Gasteiger partial charge on any atom is -0.489 e. The Hall–Kier alpha value is -2.83. The minimum atomic E-state index is -0.818. The molecule has 0 spiro atoms. The number of ether oxygens (including phenoxy) is 1. The third-order valence-corrected chi connectivity index (χ3v) is 5.99. The molecule has 3 rings (SSSR count). The monoisotopic (exact) mass is 427 g/mol. The highest BCUT2D eigenvalue weighted by molar-refractivity contribution is 5.99. The van der Waals surface area contributed by atoms with Crippen LogP contribution in [0.25, 0.3) is 0 Å². The van der Waals surface area contributed by atoms with Crippen molar-refractivity contribution in [1.82, 2.24) is 15.8 Å². The van der Waals surface area contributed by atoms with Gasteiger partial charge in [-0.1, -0.05) is 37.8 Å². The number of unbranched alkanes of at least 4 members (excludes halogenated alkanes) is 1. The molecule has 0 radical (unpaired) electrons. The summed E-state index contributed by atoms with van der Waals surface area (Å²) in [6.07, 6.45) is 6.28. The maximum atomic E-state index is 12.9. The lowest BCUT2D eigenvalue weighted by molar-refractivity contribution is -0.128. The number of aromatic nitrogens is 1. The molecule has 1 aliphatic rings. The van der Waals surface area contributed by atoms with E-state index in [0.717, 1.165) is 49.1 Å². The fourth-order valence-electron chi connectivity index (χ4n) is 3.97. The van der Waals surface area contributed by atoms with Gasteiger partial charge < -0.3 is 19.9 Å². The molecule has 1 fully saturated rings. The van der Waals surface area contributed by atoms with Crippen molar-refractivity contribution in [2.75, 3.05) is 6.54 Å². The fourth-order valence-corrected chi connectivity index (χ4v) is 3.97. The van der Waals surface area contributed by atoms with Crippen molar-refractivity contribution in [2.24, 2.45) is 0 Å². The highest BCUT2D eigenvalue weighted by Gasteiger charge is 2.40. The Morgan fingerprint density at radius 1 is 1.13 bits per heavy atom. The Kier molecular flexibility index (Phi) is 7.71. The van der Waals surface area contributed by atoms with E-state index < -0.39 is 5.54 Å². The molecule has 7 heteroatoms. The van der Waals surface area contributed by atoms with E-state index in [4.69, 9.17) is 9.26 Å². The molecule has 0 unspecified atom stereocenters. The molecule has 1 aliphatic carbocycles. The zero-order valence-corrected chi connectivity index (χ0v) is 18.8. The zero-order valence-electron chi connectivity index (χ0n) is 18.8. The number of nitrogens with one attached hydrogen (secondary N) is 2. The first-order valence-corrected chi connectivity index (χ1v) is 11.2. The van der Waals surface area contributed by atoms with Gasteiger partial charge in [-0.15, -0.1) is 0 Å². The second kappa shape index (κ2) is 10.5. The number of carbonyl (C=O) groups excluding carboxylic acids is 2. The van der Waals surface area contributed by atoms with Crippen molar-refractivity contribution in [3.05, 3.63) is 46.8 Å². The van der Waals surface area contributed by atoms with Crippen LogP contribution in [-0.4, -0.2) is 29.1 Å². The lowest BCUT2D eigenvalue weighted by Crippen LogP contribution is -2.59. The Morgan fingerprint density at radius 2 is 1.84 bits per heavy atom. The quantitative estimate of drug-likeness (QED) is 0.585. The summed E-state index contributed by atoms with van der Waals surface area (Å²) in [5, 5.41) is 9.99. The van der Waals surface area contributed by atoms with Gasteiger partial charge in [-0.05, 0) is 57.4 Å². The van der Waals surface area contributed by atoms with E-state index in [1.165, 1.54) is 0 Å². The van der Waals surface area contributed by atoms with Gasteiger partial charge in [-0.2, -0.15) is 0 Å². The molecule has 7 nitrogen and oxygen atoms in total. The number of hydrogen-bond donors (Lipinski definition) is 2. The first kappa shape index (κ1) is 22.8. The van der Waals surface area contributed by atoms with Crippen LogP contribution in [0.5, 0.6) is 5.75 Å². The van der Waals surface area contributed by atoms with Crippen LogP contribution in [0.15, 0.2) is 28.8 Å². The maximum absolute atomic E-state index is 12.9. The lowest BCUT2D eigenvalue weighted by atomic mass is 9.80. The van der Waals surface area contributed by atoms with Gasteiger partial charge in [0.25, 0.3) is 5.91 Å². The first-order valence-electron chi connectivity index (χ1n) is 11.2. The standard InChI is InChI=1S/C24H33N3O4/c1-4-5-15-25-23(29)24(13-7-6-8-14-24)26-22(28)19-9-11-20(12-10-19)30-16-21-17(2)27-31-18(21)3/h9-12H,4-8,13-16H2,1-3H3,(H,25,29)(H,26,28). The lowest BCUT2D eigenvalue weighted by Gasteiger charge is -2.36. The average molecular weight is 428 g/mol. The normalized spacial score (nSPS) is 15.3. The second-order valence-corrected chi connectivity index (χ2v) is 8.32. The average Bonchev–Trinajstić information content (AvgIpc) is 3.10. The van der Waals surface area contributed by atoms with Crippen LogP contribution in [0.4, 0.5) is 0 Å². The molecule has 0 aliphatic heterocycles. The number of amides is 2. The number of nitrogens with zero attached hydrogens (tertiary/aromatic N) is 1. The summed E-state index contributed by atoms with van der Waals surface area (Å²) in [6, 6.07) is 6.98. The molecular formula is C24H33N3O4.